The highest BCUT2D eigenvalue weighted by Crippen LogP contribution is 2.28. The summed E-state index contributed by atoms with van der Waals surface area (Å²) in [6.45, 7) is 3.89. The topological polar surface area (TPSA) is 9.23 Å². The number of rotatable bonds is 6. The number of benzene rings is 2. The fourth-order valence-electron chi connectivity index (χ4n) is 2.32. The van der Waals surface area contributed by atoms with Crippen molar-refractivity contribution in [3.63, 3.8) is 0 Å². The van der Waals surface area contributed by atoms with Crippen molar-refractivity contribution in [3.05, 3.63) is 71.3 Å². The lowest BCUT2D eigenvalue weighted by Crippen LogP contribution is -2.37. The van der Waals surface area contributed by atoms with E-state index in [2.05, 4.69) is 76.6 Å². The van der Waals surface area contributed by atoms with E-state index in [9.17, 15) is 0 Å². The van der Waals surface area contributed by atoms with Gasteiger partial charge in [0.1, 0.15) is 12.6 Å². The molecular weight excluding hydrogens is 258 g/mol. The molecule has 0 bridgehead atoms. The van der Waals surface area contributed by atoms with Crippen LogP contribution < -0.4 is 0 Å². The summed E-state index contributed by atoms with van der Waals surface area (Å²) in [5, 5.41) is 0. The van der Waals surface area contributed by atoms with Gasteiger partial charge in [-0.3, -0.25) is 0 Å². The molecule has 0 fully saturated rings. The molecule has 0 spiro atoms. The third-order valence-corrected chi connectivity index (χ3v) is 3.62. The maximum absolute atomic E-state index is 6.26. The van der Waals surface area contributed by atoms with Gasteiger partial charge in [-0.05, 0) is 23.6 Å². The zero-order valence-electron chi connectivity index (χ0n) is 13.5. The Hall–Kier alpha value is -1.64. The van der Waals surface area contributed by atoms with Gasteiger partial charge in [0, 0.05) is 0 Å². The third kappa shape index (κ3) is 4.69. The Morgan fingerprint density at radius 2 is 1.52 bits per heavy atom. The van der Waals surface area contributed by atoms with Crippen LogP contribution in [0, 0.1) is 6.92 Å². The fourth-order valence-corrected chi connectivity index (χ4v) is 2.32. The van der Waals surface area contributed by atoms with Gasteiger partial charge in [0.05, 0.1) is 27.7 Å². The SMILES string of the molecule is Cc1ccccc1[C@H](OCC[N+](C)(C)C)c1ccccc1. The molecule has 1 atom stereocenters. The van der Waals surface area contributed by atoms with Crippen LogP contribution in [0.15, 0.2) is 54.6 Å². The number of hydrogen-bond donors (Lipinski definition) is 0. The quantitative estimate of drug-likeness (QED) is 0.733. The summed E-state index contributed by atoms with van der Waals surface area (Å²) in [6.07, 6.45) is 0.0129. The van der Waals surface area contributed by atoms with Gasteiger partial charge < -0.3 is 9.22 Å². The highest BCUT2D eigenvalue weighted by molar-refractivity contribution is 5.35. The molecule has 21 heavy (non-hydrogen) atoms. The number of nitrogens with zero attached hydrogens (tertiary/aromatic N) is 1. The summed E-state index contributed by atoms with van der Waals surface area (Å²) >= 11 is 0. The predicted molar refractivity (Wildman–Crippen MR) is 88.3 cm³/mol. The Morgan fingerprint density at radius 3 is 2.14 bits per heavy atom. The second kappa shape index (κ2) is 6.88. The molecule has 2 rings (SSSR count). The van der Waals surface area contributed by atoms with Crippen LogP contribution in [0.2, 0.25) is 0 Å². The van der Waals surface area contributed by atoms with Crippen LogP contribution >= 0.6 is 0 Å². The first-order valence-corrected chi connectivity index (χ1v) is 7.50. The predicted octanol–water partition coefficient (Wildman–Crippen LogP) is 3.81. The van der Waals surface area contributed by atoms with Crippen LogP contribution in [0.4, 0.5) is 0 Å². The Bertz CT molecular complexity index is 557. The largest absolute Gasteiger partial charge is 0.363 e. The summed E-state index contributed by atoms with van der Waals surface area (Å²) in [6, 6.07) is 19.0. The molecule has 0 aliphatic rings. The monoisotopic (exact) mass is 284 g/mol. The maximum Gasteiger partial charge on any atom is 0.108 e. The molecular formula is C19H26NO+. The van der Waals surface area contributed by atoms with E-state index in [1.807, 2.05) is 6.07 Å². The summed E-state index contributed by atoms with van der Waals surface area (Å²) in [5.74, 6) is 0. The van der Waals surface area contributed by atoms with E-state index in [0.717, 1.165) is 17.6 Å². The van der Waals surface area contributed by atoms with Gasteiger partial charge in [-0.2, -0.15) is 0 Å². The maximum atomic E-state index is 6.26. The molecule has 0 amide bonds. The molecule has 0 heterocycles. The normalized spacial score (nSPS) is 13.1. The molecule has 2 aromatic rings. The average Bonchev–Trinajstić information content (AvgIpc) is 2.45. The minimum atomic E-state index is 0.0129. The van der Waals surface area contributed by atoms with Gasteiger partial charge in [0.2, 0.25) is 0 Å². The molecule has 0 saturated heterocycles. The number of likely N-dealkylation sites (N-methyl/N-ethyl adjacent to an activating group) is 1. The Balaban J connectivity index is 2.22. The minimum absolute atomic E-state index is 0.0129. The van der Waals surface area contributed by atoms with E-state index >= 15 is 0 Å². The van der Waals surface area contributed by atoms with E-state index < -0.39 is 0 Å². The summed E-state index contributed by atoms with van der Waals surface area (Å²) in [7, 11) is 6.57. The summed E-state index contributed by atoms with van der Waals surface area (Å²) in [4.78, 5) is 0. The molecule has 2 aromatic carbocycles. The van der Waals surface area contributed by atoms with E-state index in [4.69, 9.17) is 4.74 Å². The van der Waals surface area contributed by atoms with Gasteiger partial charge in [0.25, 0.3) is 0 Å². The van der Waals surface area contributed by atoms with Gasteiger partial charge in [-0.15, -0.1) is 0 Å². The number of ether oxygens (including phenoxy) is 1. The van der Waals surface area contributed by atoms with Crippen molar-refractivity contribution >= 4 is 0 Å². The van der Waals surface area contributed by atoms with E-state index in [0.29, 0.717) is 0 Å². The van der Waals surface area contributed by atoms with Gasteiger partial charge in [0.15, 0.2) is 0 Å². The lowest BCUT2D eigenvalue weighted by atomic mass is 9.97. The third-order valence-electron chi connectivity index (χ3n) is 3.62. The molecule has 112 valence electrons. The Morgan fingerprint density at radius 1 is 0.905 bits per heavy atom. The van der Waals surface area contributed by atoms with E-state index in [-0.39, 0.29) is 6.10 Å². The van der Waals surface area contributed by atoms with Gasteiger partial charge in [-0.25, -0.2) is 0 Å². The first-order valence-electron chi connectivity index (χ1n) is 7.50. The zero-order valence-corrected chi connectivity index (χ0v) is 13.5. The second-order valence-corrected chi connectivity index (χ2v) is 6.53. The van der Waals surface area contributed by atoms with Crippen molar-refractivity contribution in [3.8, 4) is 0 Å². The number of aryl methyl sites for hydroxylation is 1. The number of quaternary nitrogens is 1. The highest BCUT2D eigenvalue weighted by atomic mass is 16.5. The molecule has 0 aliphatic carbocycles. The standard InChI is InChI=1S/C19H26NO/c1-16-10-8-9-13-18(16)19(17-11-6-5-7-12-17)21-15-14-20(2,3)4/h5-13,19H,14-15H2,1-4H3/q+1/t19-/m1/s1. The van der Waals surface area contributed by atoms with E-state index in [1.54, 1.807) is 0 Å². The molecule has 2 heteroatoms. The van der Waals surface area contributed by atoms with Crippen molar-refractivity contribution in [1.29, 1.82) is 0 Å². The van der Waals surface area contributed by atoms with Gasteiger partial charge in [-0.1, -0.05) is 54.6 Å². The molecule has 0 N–H and O–H groups in total. The first-order chi connectivity index (χ1) is 9.97. The Labute approximate surface area is 128 Å². The highest BCUT2D eigenvalue weighted by Gasteiger charge is 2.17. The minimum Gasteiger partial charge on any atom is -0.363 e. The van der Waals surface area contributed by atoms with Crippen LogP contribution in [0.3, 0.4) is 0 Å². The van der Waals surface area contributed by atoms with Crippen LogP contribution in [-0.4, -0.2) is 38.8 Å². The van der Waals surface area contributed by atoms with Crippen LogP contribution in [-0.2, 0) is 4.74 Å². The van der Waals surface area contributed by atoms with Crippen molar-refractivity contribution in [2.24, 2.45) is 0 Å². The Kier molecular flexibility index (Phi) is 5.16. The van der Waals surface area contributed by atoms with Crippen molar-refractivity contribution in [2.75, 3.05) is 34.3 Å². The van der Waals surface area contributed by atoms with Crippen LogP contribution in [0.5, 0.6) is 0 Å². The average molecular weight is 284 g/mol. The second-order valence-electron chi connectivity index (χ2n) is 6.53. The first kappa shape index (κ1) is 15.7. The molecule has 0 radical (unpaired) electrons. The smallest absolute Gasteiger partial charge is 0.108 e. The van der Waals surface area contributed by atoms with Crippen molar-refractivity contribution in [1.82, 2.24) is 0 Å². The molecule has 0 aromatic heterocycles. The fraction of sp³-hybridized carbons (Fsp3) is 0.368. The van der Waals surface area contributed by atoms with Gasteiger partial charge >= 0.3 is 0 Å². The van der Waals surface area contributed by atoms with Crippen LogP contribution in [0.1, 0.15) is 22.8 Å². The molecule has 0 unspecified atom stereocenters. The van der Waals surface area contributed by atoms with Crippen molar-refractivity contribution < 1.29 is 9.22 Å². The van der Waals surface area contributed by atoms with E-state index in [1.165, 1.54) is 16.7 Å². The number of hydrogen-bond acceptors (Lipinski definition) is 1. The summed E-state index contributed by atoms with van der Waals surface area (Å²) in [5.41, 5.74) is 3.75. The lowest BCUT2D eigenvalue weighted by molar-refractivity contribution is -0.870. The molecule has 2 nitrogen and oxygen atoms in total. The van der Waals surface area contributed by atoms with Crippen LogP contribution in [0.25, 0.3) is 0 Å². The summed E-state index contributed by atoms with van der Waals surface area (Å²) < 4.78 is 7.17. The lowest BCUT2D eigenvalue weighted by Gasteiger charge is -2.26. The zero-order chi connectivity index (χ0) is 15.3. The van der Waals surface area contributed by atoms with Crippen molar-refractivity contribution in [2.45, 2.75) is 13.0 Å². The molecule has 0 aliphatic heterocycles. The molecule has 0 saturated carbocycles.